The molecule has 1 rings (SSSR count). The molecule has 13 heavy (non-hydrogen) atoms. The molecule has 1 aliphatic rings. The van der Waals surface area contributed by atoms with Gasteiger partial charge in [-0.1, -0.05) is 6.92 Å². The van der Waals surface area contributed by atoms with Crippen molar-refractivity contribution in [1.29, 1.82) is 0 Å². The lowest BCUT2D eigenvalue weighted by molar-refractivity contribution is -0.121. The maximum Gasteiger partial charge on any atom is 0.219 e. The normalized spacial score (nSPS) is 28.5. The second-order valence-corrected chi connectivity index (χ2v) is 3.76. The van der Waals surface area contributed by atoms with Gasteiger partial charge in [0.2, 0.25) is 5.91 Å². The van der Waals surface area contributed by atoms with Crippen molar-refractivity contribution >= 4 is 5.91 Å². The Morgan fingerprint density at radius 1 is 1.23 bits per heavy atom. The van der Waals surface area contributed by atoms with Crippen LogP contribution in [0.3, 0.4) is 0 Å². The topological polar surface area (TPSA) is 41.1 Å². The van der Waals surface area contributed by atoms with Crippen LogP contribution in [-0.2, 0) is 4.79 Å². The molecule has 1 aliphatic carbocycles. The Kier molecular flexibility index (Phi) is 4.22. The maximum atomic E-state index is 11.1. The molecule has 1 amide bonds. The third kappa shape index (κ3) is 3.35. The zero-order valence-corrected chi connectivity index (χ0v) is 8.60. The highest BCUT2D eigenvalue weighted by Crippen LogP contribution is 2.18. The summed E-state index contributed by atoms with van der Waals surface area (Å²) in [4.78, 5) is 11.1. The van der Waals surface area contributed by atoms with Gasteiger partial charge in [-0.3, -0.25) is 4.79 Å². The molecular formula is C10H20N2O. The molecule has 0 atom stereocenters. The average Bonchev–Trinajstić information content (AvgIpc) is 2.19. The molecule has 0 bridgehead atoms. The summed E-state index contributed by atoms with van der Waals surface area (Å²) >= 11 is 0. The zero-order valence-electron chi connectivity index (χ0n) is 8.60. The summed E-state index contributed by atoms with van der Waals surface area (Å²) in [5, 5.41) is 6.33. The first-order valence-corrected chi connectivity index (χ1v) is 5.23. The van der Waals surface area contributed by atoms with Crippen LogP contribution in [0.5, 0.6) is 0 Å². The zero-order chi connectivity index (χ0) is 9.68. The summed E-state index contributed by atoms with van der Waals surface area (Å²) in [7, 11) is 2.01. The molecule has 0 aromatic heterocycles. The van der Waals surface area contributed by atoms with Crippen molar-refractivity contribution in [2.24, 2.45) is 0 Å². The highest BCUT2D eigenvalue weighted by Gasteiger charge is 2.20. The van der Waals surface area contributed by atoms with Crippen LogP contribution in [-0.4, -0.2) is 25.0 Å². The Labute approximate surface area is 80.3 Å². The minimum absolute atomic E-state index is 0.188. The standard InChI is InChI=1S/C10H20N2O/c1-3-10(13)12-9-6-4-8(11-2)5-7-9/h8-9,11H,3-7H2,1-2H3,(H,12,13). The lowest BCUT2D eigenvalue weighted by Gasteiger charge is -2.28. The van der Waals surface area contributed by atoms with Crippen LogP contribution < -0.4 is 10.6 Å². The number of hydrogen-bond acceptors (Lipinski definition) is 2. The molecule has 0 spiro atoms. The van der Waals surface area contributed by atoms with Crippen LogP contribution in [0.15, 0.2) is 0 Å². The Morgan fingerprint density at radius 3 is 2.23 bits per heavy atom. The SMILES string of the molecule is CCC(=O)NC1CCC(NC)CC1. The van der Waals surface area contributed by atoms with Crippen LogP contribution in [0.25, 0.3) is 0 Å². The first kappa shape index (κ1) is 10.5. The van der Waals surface area contributed by atoms with Crippen LogP contribution >= 0.6 is 0 Å². The number of rotatable bonds is 3. The van der Waals surface area contributed by atoms with Crippen molar-refractivity contribution in [2.45, 2.75) is 51.1 Å². The molecule has 0 radical (unpaired) electrons. The molecule has 2 N–H and O–H groups in total. The molecule has 0 aliphatic heterocycles. The molecule has 0 unspecified atom stereocenters. The third-order valence-corrected chi connectivity index (χ3v) is 2.82. The van der Waals surface area contributed by atoms with E-state index in [1.165, 1.54) is 12.8 Å². The molecular weight excluding hydrogens is 164 g/mol. The fourth-order valence-electron chi connectivity index (χ4n) is 1.86. The number of amides is 1. The smallest absolute Gasteiger partial charge is 0.219 e. The molecule has 0 aromatic rings. The van der Waals surface area contributed by atoms with E-state index in [0.717, 1.165) is 12.8 Å². The quantitative estimate of drug-likeness (QED) is 0.688. The molecule has 3 heteroatoms. The summed E-state index contributed by atoms with van der Waals surface area (Å²) < 4.78 is 0. The third-order valence-electron chi connectivity index (χ3n) is 2.82. The van der Waals surface area contributed by atoms with Gasteiger partial charge in [0.1, 0.15) is 0 Å². The molecule has 1 saturated carbocycles. The molecule has 1 fully saturated rings. The van der Waals surface area contributed by atoms with E-state index >= 15 is 0 Å². The molecule has 3 nitrogen and oxygen atoms in total. The molecule has 0 saturated heterocycles. The van der Waals surface area contributed by atoms with Gasteiger partial charge in [0.25, 0.3) is 0 Å². The van der Waals surface area contributed by atoms with E-state index in [2.05, 4.69) is 10.6 Å². The summed E-state index contributed by atoms with van der Waals surface area (Å²) in [6, 6.07) is 1.09. The fraction of sp³-hybridized carbons (Fsp3) is 0.900. The summed E-state index contributed by atoms with van der Waals surface area (Å²) in [5.41, 5.74) is 0. The monoisotopic (exact) mass is 184 g/mol. The van der Waals surface area contributed by atoms with Crippen molar-refractivity contribution in [3.63, 3.8) is 0 Å². The predicted octanol–water partition coefficient (Wildman–Crippen LogP) is 1.04. The van der Waals surface area contributed by atoms with Gasteiger partial charge in [0, 0.05) is 18.5 Å². The Morgan fingerprint density at radius 2 is 1.77 bits per heavy atom. The Hall–Kier alpha value is -0.570. The van der Waals surface area contributed by atoms with E-state index in [1.807, 2.05) is 14.0 Å². The van der Waals surface area contributed by atoms with Crippen molar-refractivity contribution in [2.75, 3.05) is 7.05 Å². The van der Waals surface area contributed by atoms with Gasteiger partial charge < -0.3 is 10.6 Å². The van der Waals surface area contributed by atoms with Gasteiger partial charge >= 0.3 is 0 Å². The second-order valence-electron chi connectivity index (χ2n) is 3.76. The Bertz CT molecular complexity index is 162. The molecule has 0 aromatic carbocycles. The van der Waals surface area contributed by atoms with Gasteiger partial charge in [-0.25, -0.2) is 0 Å². The number of hydrogen-bond donors (Lipinski definition) is 2. The average molecular weight is 184 g/mol. The summed E-state index contributed by atoms with van der Waals surface area (Å²) in [6.07, 6.45) is 5.22. The highest BCUT2D eigenvalue weighted by molar-refractivity contribution is 5.75. The number of carbonyl (C=O) groups is 1. The van der Waals surface area contributed by atoms with Gasteiger partial charge in [0.15, 0.2) is 0 Å². The van der Waals surface area contributed by atoms with Crippen LogP contribution in [0.2, 0.25) is 0 Å². The highest BCUT2D eigenvalue weighted by atomic mass is 16.1. The number of nitrogens with one attached hydrogen (secondary N) is 2. The van der Waals surface area contributed by atoms with Crippen molar-refractivity contribution < 1.29 is 4.79 Å². The lowest BCUT2D eigenvalue weighted by Crippen LogP contribution is -2.41. The minimum atomic E-state index is 0.188. The van der Waals surface area contributed by atoms with E-state index in [9.17, 15) is 4.79 Å². The van der Waals surface area contributed by atoms with Gasteiger partial charge in [-0.15, -0.1) is 0 Å². The minimum Gasteiger partial charge on any atom is -0.353 e. The van der Waals surface area contributed by atoms with Gasteiger partial charge in [-0.2, -0.15) is 0 Å². The summed E-state index contributed by atoms with van der Waals surface area (Å²) in [5.74, 6) is 0.188. The van der Waals surface area contributed by atoms with Crippen LogP contribution in [0, 0.1) is 0 Å². The first-order valence-electron chi connectivity index (χ1n) is 5.23. The van der Waals surface area contributed by atoms with Gasteiger partial charge in [0.05, 0.1) is 0 Å². The summed E-state index contributed by atoms with van der Waals surface area (Å²) in [6.45, 7) is 1.90. The van der Waals surface area contributed by atoms with Crippen molar-refractivity contribution in [1.82, 2.24) is 10.6 Å². The number of carbonyl (C=O) groups excluding carboxylic acids is 1. The molecule has 0 heterocycles. The van der Waals surface area contributed by atoms with E-state index in [-0.39, 0.29) is 5.91 Å². The largest absolute Gasteiger partial charge is 0.353 e. The van der Waals surface area contributed by atoms with Gasteiger partial charge in [-0.05, 0) is 32.7 Å². The van der Waals surface area contributed by atoms with Crippen LogP contribution in [0.1, 0.15) is 39.0 Å². The van der Waals surface area contributed by atoms with E-state index in [1.54, 1.807) is 0 Å². The van der Waals surface area contributed by atoms with Crippen LogP contribution in [0.4, 0.5) is 0 Å². The molecule has 76 valence electrons. The second kappa shape index (κ2) is 5.22. The Balaban J connectivity index is 2.21. The van der Waals surface area contributed by atoms with E-state index in [0.29, 0.717) is 18.5 Å². The fourth-order valence-corrected chi connectivity index (χ4v) is 1.86. The maximum absolute atomic E-state index is 11.1. The van der Waals surface area contributed by atoms with E-state index < -0.39 is 0 Å². The van der Waals surface area contributed by atoms with Crippen molar-refractivity contribution in [3.05, 3.63) is 0 Å². The van der Waals surface area contributed by atoms with Crippen molar-refractivity contribution in [3.8, 4) is 0 Å². The first-order chi connectivity index (χ1) is 6.26. The predicted molar refractivity (Wildman–Crippen MR) is 53.5 cm³/mol. The lowest BCUT2D eigenvalue weighted by atomic mass is 9.91. The van der Waals surface area contributed by atoms with E-state index in [4.69, 9.17) is 0 Å².